The van der Waals surface area contributed by atoms with Gasteiger partial charge in [-0.05, 0) is 15.9 Å². The first-order chi connectivity index (χ1) is 6.00. The molecule has 6 heteroatoms. The number of ether oxygens (including phenoxy) is 1. The van der Waals surface area contributed by atoms with E-state index in [9.17, 15) is 13.2 Å². The molecular weight excluding hydrogens is 253 g/mol. The second-order valence-electron chi connectivity index (χ2n) is 2.14. The molecule has 2 nitrogen and oxygen atoms in total. The molecule has 0 fully saturated rings. The van der Waals surface area contributed by atoms with Gasteiger partial charge in [0.15, 0.2) is 17.3 Å². The summed E-state index contributed by atoms with van der Waals surface area (Å²) >= 11 is 2.54. The molecule has 0 heterocycles. The molecule has 1 aromatic carbocycles. The van der Waals surface area contributed by atoms with Crippen LogP contribution in [0, 0.1) is 17.5 Å². The summed E-state index contributed by atoms with van der Waals surface area (Å²) < 4.78 is 42.2. The predicted molar refractivity (Wildman–Crippen MR) is 42.2 cm³/mol. The first kappa shape index (κ1) is 10.2. The van der Waals surface area contributed by atoms with Gasteiger partial charge in [-0.25, -0.2) is 4.39 Å². The lowest BCUT2D eigenvalue weighted by atomic mass is 10.3. The average molecular weight is 257 g/mol. The Hall–Kier alpha value is -0.910. The van der Waals surface area contributed by atoms with Crippen molar-refractivity contribution in [3.8, 4) is 11.5 Å². The largest absolute Gasteiger partial charge is 0.504 e. The van der Waals surface area contributed by atoms with E-state index in [1.165, 1.54) is 0 Å². The molecule has 0 bridgehead atoms. The second kappa shape index (κ2) is 3.45. The summed E-state index contributed by atoms with van der Waals surface area (Å²) in [6.45, 7) is 0. The first-order valence-corrected chi connectivity index (χ1v) is 3.88. The maximum atomic E-state index is 13.0. The van der Waals surface area contributed by atoms with Gasteiger partial charge in [0.05, 0.1) is 7.11 Å². The minimum atomic E-state index is -1.55. The standard InChI is InChI=1S/C7H4BrF3O2/c1-13-7-3(9)2(8)6(12)4(10)5(7)11/h12H,1H3. The summed E-state index contributed by atoms with van der Waals surface area (Å²) in [6, 6.07) is 0. The summed E-state index contributed by atoms with van der Waals surface area (Å²) in [5, 5.41) is 8.83. The molecule has 0 aliphatic heterocycles. The molecule has 0 spiro atoms. The minimum absolute atomic E-state index is 0.566. The van der Waals surface area contributed by atoms with Crippen LogP contribution in [0.3, 0.4) is 0 Å². The van der Waals surface area contributed by atoms with Crippen LogP contribution in [0.5, 0.6) is 11.5 Å². The number of hydrogen-bond acceptors (Lipinski definition) is 2. The third-order valence-electron chi connectivity index (χ3n) is 1.40. The molecule has 72 valence electrons. The summed E-state index contributed by atoms with van der Waals surface area (Å²) in [5.41, 5.74) is 0. The molecule has 0 amide bonds. The lowest BCUT2D eigenvalue weighted by Crippen LogP contribution is -1.97. The number of methoxy groups -OCH3 is 1. The number of hydrogen-bond donors (Lipinski definition) is 1. The van der Waals surface area contributed by atoms with Crippen LogP contribution in [-0.4, -0.2) is 12.2 Å². The van der Waals surface area contributed by atoms with Gasteiger partial charge in [0.2, 0.25) is 11.6 Å². The van der Waals surface area contributed by atoms with E-state index in [1.54, 1.807) is 0 Å². The van der Waals surface area contributed by atoms with Gasteiger partial charge in [-0.2, -0.15) is 8.78 Å². The van der Waals surface area contributed by atoms with Gasteiger partial charge in [-0.15, -0.1) is 0 Å². The van der Waals surface area contributed by atoms with Crippen LogP contribution in [0.2, 0.25) is 0 Å². The van der Waals surface area contributed by atoms with Gasteiger partial charge in [-0.1, -0.05) is 0 Å². The van der Waals surface area contributed by atoms with Crippen molar-refractivity contribution in [1.29, 1.82) is 0 Å². The molecule has 1 rings (SSSR count). The second-order valence-corrected chi connectivity index (χ2v) is 2.93. The third-order valence-corrected chi connectivity index (χ3v) is 2.13. The molecule has 0 unspecified atom stereocenters. The van der Waals surface area contributed by atoms with Crippen LogP contribution in [0.25, 0.3) is 0 Å². The highest BCUT2D eigenvalue weighted by Crippen LogP contribution is 2.37. The smallest absolute Gasteiger partial charge is 0.207 e. The van der Waals surface area contributed by atoms with Crippen LogP contribution in [-0.2, 0) is 0 Å². The highest BCUT2D eigenvalue weighted by atomic mass is 79.9. The highest BCUT2D eigenvalue weighted by Gasteiger charge is 2.23. The first-order valence-electron chi connectivity index (χ1n) is 3.09. The van der Waals surface area contributed by atoms with Crippen molar-refractivity contribution in [1.82, 2.24) is 0 Å². The fourth-order valence-corrected chi connectivity index (χ4v) is 1.13. The Morgan fingerprint density at radius 2 is 1.69 bits per heavy atom. The minimum Gasteiger partial charge on any atom is -0.504 e. The molecule has 0 radical (unpaired) electrons. The van der Waals surface area contributed by atoms with Crippen molar-refractivity contribution < 1.29 is 23.0 Å². The molecule has 0 atom stereocenters. The molecule has 0 aliphatic carbocycles. The summed E-state index contributed by atoms with van der Waals surface area (Å²) in [5.74, 6) is -6.28. The Balaban J connectivity index is 3.56. The van der Waals surface area contributed by atoms with E-state index in [4.69, 9.17) is 5.11 Å². The SMILES string of the molecule is COc1c(F)c(F)c(O)c(Br)c1F. The van der Waals surface area contributed by atoms with Gasteiger partial charge in [0, 0.05) is 0 Å². The topological polar surface area (TPSA) is 29.5 Å². The summed E-state index contributed by atoms with van der Waals surface area (Å²) in [6.07, 6.45) is 0. The number of rotatable bonds is 1. The van der Waals surface area contributed by atoms with Crippen LogP contribution in [0.15, 0.2) is 4.47 Å². The molecular formula is C7H4BrF3O2. The predicted octanol–water partition coefficient (Wildman–Crippen LogP) is 2.58. The van der Waals surface area contributed by atoms with Gasteiger partial charge in [-0.3, -0.25) is 0 Å². The number of phenolic OH excluding ortho intramolecular Hbond substituents is 1. The van der Waals surface area contributed by atoms with Crippen molar-refractivity contribution in [2.24, 2.45) is 0 Å². The van der Waals surface area contributed by atoms with Crippen molar-refractivity contribution >= 4 is 15.9 Å². The molecule has 0 saturated carbocycles. The number of phenols is 1. The van der Waals surface area contributed by atoms with Gasteiger partial charge >= 0.3 is 0 Å². The third kappa shape index (κ3) is 1.46. The van der Waals surface area contributed by atoms with E-state index in [0.717, 1.165) is 7.11 Å². The molecule has 0 aromatic heterocycles. The molecule has 1 N–H and O–H groups in total. The summed E-state index contributed by atoms with van der Waals surface area (Å²) in [7, 11) is 0.990. The van der Waals surface area contributed by atoms with Crippen LogP contribution in [0.1, 0.15) is 0 Å². The Kier molecular flexibility index (Phi) is 2.70. The number of halogens is 4. The normalized spacial score (nSPS) is 10.2. The number of aromatic hydroxyl groups is 1. The molecule has 13 heavy (non-hydrogen) atoms. The summed E-state index contributed by atoms with van der Waals surface area (Å²) in [4.78, 5) is 0. The van der Waals surface area contributed by atoms with Gasteiger partial charge in [0.1, 0.15) is 4.47 Å². The van der Waals surface area contributed by atoms with E-state index in [-0.39, 0.29) is 0 Å². The maximum Gasteiger partial charge on any atom is 0.207 e. The van der Waals surface area contributed by atoms with Crippen molar-refractivity contribution in [2.45, 2.75) is 0 Å². The van der Waals surface area contributed by atoms with Crippen LogP contribution >= 0.6 is 15.9 Å². The zero-order valence-electron chi connectivity index (χ0n) is 6.37. The molecule has 0 aliphatic rings. The lowest BCUT2D eigenvalue weighted by Gasteiger charge is -2.07. The maximum absolute atomic E-state index is 13.0. The average Bonchev–Trinajstić information content (AvgIpc) is 2.13. The molecule has 1 aromatic rings. The Morgan fingerprint density at radius 1 is 1.15 bits per heavy atom. The Labute approximate surface area is 80.1 Å². The van der Waals surface area contributed by atoms with E-state index >= 15 is 0 Å². The Bertz CT molecular complexity index is 325. The molecule has 0 saturated heterocycles. The van der Waals surface area contributed by atoms with Crippen molar-refractivity contribution in [2.75, 3.05) is 7.11 Å². The van der Waals surface area contributed by atoms with E-state index in [2.05, 4.69) is 20.7 Å². The zero-order chi connectivity index (χ0) is 10.2. The highest BCUT2D eigenvalue weighted by molar-refractivity contribution is 9.10. The van der Waals surface area contributed by atoms with E-state index in [1.807, 2.05) is 0 Å². The van der Waals surface area contributed by atoms with E-state index < -0.39 is 33.4 Å². The van der Waals surface area contributed by atoms with Gasteiger partial charge < -0.3 is 9.84 Å². The van der Waals surface area contributed by atoms with Crippen molar-refractivity contribution in [3.05, 3.63) is 21.9 Å². The monoisotopic (exact) mass is 256 g/mol. The fraction of sp³-hybridized carbons (Fsp3) is 0.143. The van der Waals surface area contributed by atoms with Crippen molar-refractivity contribution in [3.63, 3.8) is 0 Å². The quantitative estimate of drug-likeness (QED) is 0.783. The van der Waals surface area contributed by atoms with E-state index in [0.29, 0.717) is 0 Å². The van der Waals surface area contributed by atoms with Gasteiger partial charge in [0.25, 0.3) is 0 Å². The zero-order valence-corrected chi connectivity index (χ0v) is 7.95. The Morgan fingerprint density at radius 3 is 2.15 bits per heavy atom. The fourth-order valence-electron chi connectivity index (χ4n) is 0.779. The van der Waals surface area contributed by atoms with Crippen LogP contribution in [0.4, 0.5) is 13.2 Å². The number of benzene rings is 1. The van der Waals surface area contributed by atoms with Crippen LogP contribution < -0.4 is 4.74 Å². The lowest BCUT2D eigenvalue weighted by molar-refractivity contribution is 0.329.